The van der Waals surface area contributed by atoms with Crippen LogP contribution in [0.2, 0.25) is 0 Å². The van der Waals surface area contributed by atoms with Crippen molar-refractivity contribution in [2.45, 2.75) is 18.4 Å². The van der Waals surface area contributed by atoms with Crippen LogP contribution in [-0.4, -0.2) is 10.2 Å². The standard InChI is InChI=1S/C6H9N3.2ClH/c7-6(1-2-6)5-3-8-9-4-5;;/h3-4H,1-2,7H2,(H,8,9);2*1H. The van der Waals surface area contributed by atoms with Crippen LogP contribution in [0.5, 0.6) is 0 Å². The van der Waals surface area contributed by atoms with Crippen LogP contribution in [0.4, 0.5) is 0 Å². The van der Waals surface area contributed by atoms with E-state index in [1.807, 2.05) is 6.20 Å². The highest BCUT2D eigenvalue weighted by Crippen LogP contribution is 2.41. The average molecular weight is 196 g/mol. The van der Waals surface area contributed by atoms with Gasteiger partial charge in [-0.2, -0.15) is 5.10 Å². The van der Waals surface area contributed by atoms with E-state index in [4.69, 9.17) is 5.73 Å². The van der Waals surface area contributed by atoms with Crippen molar-refractivity contribution in [1.29, 1.82) is 0 Å². The van der Waals surface area contributed by atoms with Crippen LogP contribution in [0.1, 0.15) is 18.4 Å². The van der Waals surface area contributed by atoms with E-state index in [1.54, 1.807) is 6.20 Å². The fourth-order valence-corrected chi connectivity index (χ4v) is 0.947. The van der Waals surface area contributed by atoms with Gasteiger partial charge in [0, 0.05) is 17.3 Å². The third-order valence-electron chi connectivity index (χ3n) is 1.86. The number of halogens is 2. The summed E-state index contributed by atoms with van der Waals surface area (Å²) in [6, 6.07) is 0. The molecule has 1 aromatic heterocycles. The molecule has 1 saturated carbocycles. The number of aromatic nitrogens is 2. The van der Waals surface area contributed by atoms with Gasteiger partial charge in [0.05, 0.1) is 6.20 Å². The lowest BCUT2D eigenvalue weighted by Crippen LogP contribution is -2.17. The molecular formula is C6H11Cl2N3. The summed E-state index contributed by atoms with van der Waals surface area (Å²) in [7, 11) is 0. The molecule has 0 bridgehead atoms. The van der Waals surface area contributed by atoms with E-state index >= 15 is 0 Å². The van der Waals surface area contributed by atoms with Gasteiger partial charge in [-0.1, -0.05) is 0 Å². The van der Waals surface area contributed by atoms with E-state index in [2.05, 4.69) is 10.2 Å². The molecule has 0 spiro atoms. The van der Waals surface area contributed by atoms with Gasteiger partial charge in [0.25, 0.3) is 0 Å². The molecule has 1 heterocycles. The Bertz CT molecular complexity index is 206. The minimum atomic E-state index is -0.0208. The lowest BCUT2D eigenvalue weighted by molar-refractivity contribution is 0.741. The summed E-state index contributed by atoms with van der Waals surface area (Å²) in [6.45, 7) is 0. The molecule has 1 aromatic rings. The Kier molecular flexibility index (Phi) is 3.35. The lowest BCUT2D eigenvalue weighted by Gasteiger charge is -2.01. The van der Waals surface area contributed by atoms with Gasteiger partial charge >= 0.3 is 0 Å². The molecule has 0 aromatic carbocycles. The first-order valence-corrected chi connectivity index (χ1v) is 3.09. The summed E-state index contributed by atoms with van der Waals surface area (Å²) in [5, 5.41) is 6.57. The van der Waals surface area contributed by atoms with Crippen molar-refractivity contribution in [3.63, 3.8) is 0 Å². The Labute approximate surface area is 77.6 Å². The Balaban J connectivity index is 0.000000500. The van der Waals surface area contributed by atoms with Gasteiger partial charge in [-0.05, 0) is 12.8 Å². The van der Waals surface area contributed by atoms with Gasteiger partial charge in [0.1, 0.15) is 0 Å². The van der Waals surface area contributed by atoms with E-state index in [1.165, 1.54) is 0 Å². The van der Waals surface area contributed by atoms with Gasteiger partial charge in [0.15, 0.2) is 0 Å². The molecule has 5 heteroatoms. The van der Waals surface area contributed by atoms with Crippen molar-refractivity contribution < 1.29 is 0 Å². The average Bonchev–Trinajstić information content (AvgIpc) is 2.46. The topological polar surface area (TPSA) is 54.7 Å². The zero-order valence-electron chi connectivity index (χ0n) is 5.91. The van der Waals surface area contributed by atoms with E-state index in [-0.39, 0.29) is 30.4 Å². The molecule has 0 saturated heterocycles. The maximum absolute atomic E-state index is 5.85. The maximum Gasteiger partial charge on any atom is 0.0537 e. The highest BCUT2D eigenvalue weighted by Gasteiger charge is 2.40. The molecule has 0 radical (unpaired) electrons. The van der Waals surface area contributed by atoms with Gasteiger partial charge in [-0.25, -0.2) is 0 Å². The van der Waals surface area contributed by atoms with Crippen molar-refractivity contribution in [1.82, 2.24) is 10.2 Å². The largest absolute Gasteiger partial charge is 0.321 e. The van der Waals surface area contributed by atoms with Gasteiger partial charge in [0.2, 0.25) is 0 Å². The summed E-state index contributed by atoms with van der Waals surface area (Å²) in [5.41, 5.74) is 6.97. The molecule has 1 fully saturated rings. The second kappa shape index (κ2) is 3.43. The second-order valence-electron chi connectivity index (χ2n) is 2.64. The zero-order valence-corrected chi connectivity index (χ0v) is 7.54. The lowest BCUT2D eigenvalue weighted by atomic mass is 10.1. The van der Waals surface area contributed by atoms with Crippen LogP contribution in [0.25, 0.3) is 0 Å². The number of aromatic amines is 1. The SMILES string of the molecule is Cl.Cl.NC1(c2cn[nH]c2)CC1. The van der Waals surface area contributed by atoms with Crippen molar-refractivity contribution in [2.24, 2.45) is 5.73 Å². The molecule has 3 N–H and O–H groups in total. The molecule has 0 aliphatic heterocycles. The number of nitrogens with two attached hydrogens (primary N) is 1. The van der Waals surface area contributed by atoms with Gasteiger partial charge in [-0.15, -0.1) is 24.8 Å². The quantitative estimate of drug-likeness (QED) is 0.708. The summed E-state index contributed by atoms with van der Waals surface area (Å²) in [4.78, 5) is 0. The monoisotopic (exact) mass is 195 g/mol. The van der Waals surface area contributed by atoms with E-state index < -0.39 is 0 Å². The third-order valence-corrected chi connectivity index (χ3v) is 1.86. The minimum Gasteiger partial charge on any atom is -0.321 e. The highest BCUT2D eigenvalue weighted by molar-refractivity contribution is 5.85. The van der Waals surface area contributed by atoms with Crippen molar-refractivity contribution in [3.05, 3.63) is 18.0 Å². The number of H-pyrrole nitrogens is 1. The van der Waals surface area contributed by atoms with Crippen LogP contribution in [0.3, 0.4) is 0 Å². The van der Waals surface area contributed by atoms with Gasteiger partial charge in [-0.3, -0.25) is 5.10 Å². The number of nitrogens with zero attached hydrogens (tertiary/aromatic N) is 1. The highest BCUT2D eigenvalue weighted by atomic mass is 35.5. The van der Waals surface area contributed by atoms with Crippen LogP contribution >= 0.6 is 24.8 Å². The summed E-state index contributed by atoms with van der Waals surface area (Å²) >= 11 is 0. The summed E-state index contributed by atoms with van der Waals surface area (Å²) < 4.78 is 0. The molecule has 11 heavy (non-hydrogen) atoms. The first-order chi connectivity index (χ1) is 4.31. The molecular weight excluding hydrogens is 185 g/mol. The first kappa shape index (κ1) is 10.8. The van der Waals surface area contributed by atoms with Crippen LogP contribution in [0.15, 0.2) is 12.4 Å². The Morgan fingerprint density at radius 1 is 1.45 bits per heavy atom. The smallest absolute Gasteiger partial charge is 0.0537 e. The number of hydrogen-bond acceptors (Lipinski definition) is 2. The van der Waals surface area contributed by atoms with Crippen molar-refractivity contribution in [2.75, 3.05) is 0 Å². The van der Waals surface area contributed by atoms with E-state index in [0.717, 1.165) is 18.4 Å². The maximum atomic E-state index is 5.85. The fraction of sp³-hybridized carbons (Fsp3) is 0.500. The summed E-state index contributed by atoms with van der Waals surface area (Å²) in [6.07, 6.45) is 5.87. The van der Waals surface area contributed by atoms with Crippen molar-refractivity contribution in [3.8, 4) is 0 Å². The molecule has 0 amide bonds. The molecule has 0 unspecified atom stereocenters. The fourth-order valence-electron chi connectivity index (χ4n) is 0.947. The minimum absolute atomic E-state index is 0. The predicted molar refractivity (Wildman–Crippen MR) is 48.2 cm³/mol. The van der Waals surface area contributed by atoms with Crippen LogP contribution in [0, 0.1) is 0 Å². The molecule has 1 aliphatic carbocycles. The van der Waals surface area contributed by atoms with Crippen LogP contribution in [-0.2, 0) is 5.54 Å². The number of hydrogen-bond donors (Lipinski definition) is 2. The molecule has 3 nitrogen and oxygen atoms in total. The Morgan fingerprint density at radius 2 is 2.09 bits per heavy atom. The zero-order chi connectivity index (χ0) is 6.32. The van der Waals surface area contributed by atoms with Gasteiger partial charge < -0.3 is 5.73 Å². The van der Waals surface area contributed by atoms with E-state index in [0.29, 0.717) is 0 Å². The molecule has 1 aliphatic rings. The molecule has 2 rings (SSSR count). The first-order valence-electron chi connectivity index (χ1n) is 3.09. The number of nitrogens with one attached hydrogen (secondary N) is 1. The second-order valence-corrected chi connectivity index (χ2v) is 2.64. The van der Waals surface area contributed by atoms with E-state index in [9.17, 15) is 0 Å². The molecule has 0 atom stereocenters. The Hall–Kier alpha value is -0.250. The van der Waals surface area contributed by atoms with Crippen molar-refractivity contribution >= 4 is 24.8 Å². The third kappa shape index (κ3) is 1.86. The summed E-state index contributed by atoms with van der Waals surface area (Å²) in [5.74, 6) is 0. The number of rotatable bonds is 1. The predicted octanol–water partition coefficient (Wildman–Crippen LogP) is 1.20. The Morgan fingerprint density at radius 3 is 2.45 bits per heavy atom. The normalized spacial score (nSPS) is 17.9. The van der Waals surface area contributed by atoms with Crippen LogP contribution < -0.4 is 5.73 Å². The molecule has 64 valence electrons.